The summed E-state index contributed by atoms with van der Waals surface area (Å²) in [7, 11) is 0. The molecule has 0 aliphatic carbocycles. The van der Waals surface area contributed by atoms with E-state index < -0.39 is 0 Å². The van der Waals surface area contributed by atoms with Gasteiger partial charge in [0.05, 0.1) is 11.1 Å². The summed E-state index contributed by atoms with van der Waals surface area (Å²) in [6, 6.07) is 5.72. The SMILES string of the molecule is CCCC(N)c1cc2cc(Br)cc(Cl)c2o1. The Kier molecular flexibility index (Phi) is 3.57. The van der Waals surface area contributed by atoms with E-state index in [4.69, 9.17) is 21.8 Å². The Morgan fingerprint density at radius 2 is 2.19 bits per heavy atom. The molecule has 4 heteroatoms. The zero-order valence-corrected chi connectivity index (χ0v) is 11.3. The number of benzene rings is 1. The van der Waals surface area contributed by atoms with Gasteiger partial charge in [-0.2, -0.15) is 0 Å². The molecule has 0 saturated heterocycles. The fourth-order valence-corrected chi connectivity index (χ4v) is 2.60. The molecule has 0 spiro atoms. The van der Waals surface area contributed by atoms with Crippen molar-refractivity contribution in [2.45, 2.75) is 25.8 Å². The van der Waals surface area contributed by atoms with Crippen molar-refractivity contribution in [3.63, 3.8) is 0 Å². The van der Waals surface area contributed by atoms with Gasteiger partial charge in [0.2, 0.25) is 0 Å². The first-order chi connectivity index (χ1) is 7.61. The van der Waals surface area contributed by atoms with Gasteiger partial charge in [-0.3, -0.25) is 0 Å². The smallest absolute Gasteiger partial charge is 0.153 e. The van der Waals surface area contributed by atoms with Gasteiger partial charge in [0.25, 0.3) is 0 Å². The lowest BCUT2D eigenvalue weighted by Crippen LogP contribution is -2.08. The third kappa shape index (κ3) is 2.26. The topological polar surface area (TPSA) is 39.2 Å². The molecule has 0 aliphatic heterocycles. The Morgan fingerprint density at radius 1 is 1.44 bits per heavy atom. The molecule has 1 aromatic heterocycles. The van der Waals surface area contributed by atoms with Crippen molar-refractivity contribution in [2.24, 2.45) is 5.73 Å². The maximum absolute atomic E-state index is 6.09. The van der Waals surface area contributed by atoms with Gasteiger partial charge in [0, 0.05) is 9.86 Å². The van der Waals surface area contributed by atoms with Crippen molar-refractivity contribution >= 4 is 38.5 Å². The first-order valence-electron chi connectivity index (χ1n) is 5.26. The average Bonchev–Trinajstić information content (AvgIpc) is 2.62. The number of hydrogen-bond donors (Lipinski definition) is 1. The lowest BCUT2D eigenvalue weighted by atomic mass is 10.1. The number of fused-ring (bicyclic) bond motifs is 1. The molecular formula is C12H13BrClNO. The zero-order valence-electron chi connectivity index (χ0n) is 8.97. The highest BCUT2D eigenvalue weighted by Gasteiger charge is 2.13. The molecule has 1 atom stereocenters. The lowest BCUT2D eigenvalue weighted by Gasteiger charge is -2.04. The normalized spacial score (nSPS) is 13.2. The summed E-state index contributed by atoms with van der Waals surface area (Å²) < 4.78 is 6.64. The predicted molar refractivity (Wildman–Crippen MR) is 70.8 cm³/mol. The molecule has 0 aliphatic rings. The van der Waals surface area contributed by atoms with E-state index >= 15 is 0 Å². The third-order valence-electron chi connectivity index (χ3n) is 2.52. The molecule has 0 radical (unpaired) electrons. The Labute approximate surface area is 108 Å². The van der Waals surface area contributed by atoms with Crippen LogP contribution in [0.25, 0.3) is 11.0 Å². The first kappa shape index (κ1) is 12.0. The molecule has 1 heterocycles. The maximum atomic E-state index is 6.09. The first-order valence-corrected chi connectivity index (χ1v) is 6.43. The second kappa shape index (κ2) is 4.78. The fraction of sp³-hybridized carbons (Fsp3) is 0.333. The van der Waals surface area contributed by atoms with E-state index in [0.717, 1.165) is 28.5 Å². The average molecular weight is 303 g/mol. The molecule has 2 rings (SSSR count). The van der Waals surface area contributed by atoms with Crippen LogP contribution in [0.15, 0.2) is 27.1 Å². The van der Waals surface area contributed by atoms with Crippen molar-refractivity contribution in [3.8, 4) is 0 Å². The van der Waals surface area contributed by atoms with Crippen LogP contribution in [0, 0.1) is 0 Å². The molecular weight excluding hydrogens is 289 g/mol. The highest BCUT2D eigenvalue weighted by atomic mass is 79.9. The van der Waals surface area contributed by atoms with E-state index in [0.29, 0.717) is 10.6 Å². The number of nitrogens with two attached hydrogens (primary N) is 1. The van der Waals surface area contributed by atoms with Crippen LogP contribution in [0.1, 0.15) is 31.6 Å². The van der Waals surface area contributed by atoms with Gasteiger partial charge in [-0.25, -0.2) is 0 Å². The number of rotatable bonds is 3. The summed E-state index contributed by atoms with van der Waals surface area (Å²) in [4.78, 5) is 0. The monoisotopic (exact) mass is 301 g/mol. The van der Waals surface area contributed by atoms with Crippen molar-refractivity contribution in [1.82, 2.24) is 0 Å². The minimum atomic E-state index is -0.0488. The number of hydrogen-bond acceptors (Lipinski definition) is 2. The van der Waals surface area contributed by atoms with Crippen LogP contribution >= 0.6 is 27.5 Å². The van der Waals surface area contributed by atoms with Crippen LogP contribution in [0.3, 0.4) is 0 Å². The highest BCUT2D eigenvalue weighted by Crippen LogP contribution is 2.32. The molecule has 2 N–H and O–H groups in total. The van der Waals surface area contributed by atoms with Crippen LogP contribution in [-0.2, 0) is 0 Å². The standard InChI is InChI=1S/C12H13BrClNO/c1-2-3-10(15)11-5-7-4-8(13)6-9(14)12(7)16-11/h4-6,10H,2-3,15H2,1H3. The van der Waals surface area contributed by atoms with Crippen LogP contribution in [0.5, 0.6) is 0 Å². The van der Waals surface area contributed by atoms with Gasteiger partial charge in [-0.05, 0) is 24.6 Å². The molecule has 0 fully saturated rings. The third-order valence-corrected chi connectivity index (χ3v) is 3.26. The molecule has 1 unspecified atom stereocenters. The van der Waals surface area contributed by atoms with Crippen LogP contribution < -0.4 is 5.73 Å². The van der Waals surface area contributed by atoms with E-state index in [-0.39, 0.29) is 6.04 Å². The minimum absolute atomic E-state index is 0.0488. The lowest BCUT2D eigenvalue weighted by molar-refractivity contribution is 0.475. The van der Waals surface area contributed by atoms with Crippen LogP contribution in [-0.4, -0.2) is 0 Å². The van der Waals surface area contributed by atoms with E-state index in [2.05, 4.69) is 22.9 Å². The molecule has 86 valence electrons. The highest BCUT2D eigenvalue weighted by molar-refractivity contribution is 9.10. The molecule has 0 amide bonds. The number of halogens is 2. The molecule has 2 aromatic rings. The summed E-state index contributed by atoms with van der Waals surface area (Å²) in [6.07, 6.45) is 1.95. The van der Waals surface area contributed by atoms with Gasteiger partial charge in [0.15, 0.2) is 5.58 Å². The van der Waals surface area contributed by atoms with Gasteiger partial charge in [-0.1, -0.05) is 40.9 Å². The van der Waals surface area contributed by atoms with Gasteiger partial charge in [-0.15, -0.1) is 0 Å². The Balaban J connectivity index is 2.47. The molecule has 0 bridgehead atoms. The van der Waals surface area contributed by atoms with Crippen LogP contribution in [0.2, 0.25) is 5.02 Å². The second-order valence-electron chi connectivity index (χ2n) is 3.85. The molecule has 2 nitrogen and oxygen atoms in total. The van der Waals surface area contributed by atoms with Gasteiger partial charge >= 0.3 is 0 Å². The largest absolute Gasteiger partial charge is 0.458 e. The van der Waals surface area contributed by atoms with E-state index in [1.54, 1.807) is 0 Å². The van der Waals surface area contributed by atoms with Crippen molar-refractivity contribution in [1.29, 1.82) is 0 Å². The van der Waals surface area contributed by atoms with Crippen LogP contribution in [0.4, 0.5) is 0 Å². The summed E-state index contributed by atoms with van der Waals surface area (Å²) in [5, 5.41) is 1.60. The minimum Gasteiger partial charge on any atom is -0.458 e. The fourth-order valence-electron chi connectivity index (χ4n) is 1.73. The van der Waals surface area contributed by atoms with E-state index in [1.165, 1.54) is 0 Å². The van der Waals surface area contributed by atoms with E-state index in [9.17, 15) is 0 Å². The Bertz CT molecular complexity index is 509. The van der Waals surface area contributed by atoms with Gasteiger partial charge < -0.3 is 10.2 Å². The number of furan rings is 1. The molecule has 16 heavy (non-hydrogen) atoms. The predicted octanol–water partition coefficient (Wildman–Crippen LogP) is 4.65. The van der Waals surface area contributed by atoms with Crippen molar-refractivity contribution < 1.29 is 4.42 Å². The second-order valence-corrected chi connectivity index (χ2v) is 5.17. The van der Waals surface area contributed by atoms with Crippen molar-refractivity contribution in [3.05, 3.63) is 33.5 Å². The van der Waals surface area contributed by atoms with Gasteiger partial charge in [0.1, 0.15) is 5.76 Å². The summed E-state index contributed by atoms with van der Waals surface area (Å²) in [6.45, 7) is 2.10. The van der Waals surface area contributed by atoms with E-state index in [1.807, 2.05) is 18.2 Å². The maximum Gasteiger partial charge on any atom is 0.153 e. The summed E-state index contributed by atoms with van der Waals surface area (Å²) in [5.74, 6) is 0.803. The van der Waals surface area contributed by atoms with Crippen molar-refractivity contribution in [2.75, 3.05) is 0 Å². The Morgan fingerprint density at radius 3 is 2.88 bits per heavy atom. The molecule has 0 saturated carbocycles. The Hall–Kier alpha value is -0.510. The zero-order chi connectivity index (χ0) is 11.7. The quantitative estimate of drug-likeness (QED) is 0.896. The molecule has 1 aromatic carbocycles. The summed E-state index contributed by atoms with van der Waals surface area (Å²) >= 11 is 9.50. The summed E-state index contributed by atoms with van der Waals surface area (Å²) in [5.41, 5.74) is 6.72.